The van der Waals surface area contributed by atoms with Crippen LogP contribution in [0.25, 0.3) is 0 Å². The first-order valence-corrected chi connectivity index (χ1v) is 9.13. The minimum absolute atomic E-state index is 0.175. The van der Waals surface area contributed by atoms with Crippen molar-refractivity contribution in [2.24, 2.45) is 0 Å². The summed E-state index contributed by atoms with van der Waals surface area (Å²) in [7, 11) is 0. The van der Waals surface area contributed by atoms with Crippen LogP contribution in [0, 0.1) is 13.8 Å². The molecule has 0 atom stereocenters. The van der Waals surface area contributed by atoms with E-state index in [2.05, 4.69) is 21.2 Å². The smallest absolute Gasteiger partial charge is 0.316 e. The number of benzene rings is 2. The number of halogens is 1. The fourth-order valence-electron chi connectivity index (χ4n) is 1.91. The summed E-state index contributed by atoms with van der Waals surface area (Å²) in [5.41, 5.74) is 2.84. The molecule has 0 aromatic heterocycles. The molecule has 2 aromatic carbocycles. The lowest BCUT2D eigenvalue weighted by atomic mass is 10.2. The van der Waals surface area contributed by atoms with Gasteiger partial charge in [-0.3, -0.25) is 9.59 Å². The number of hydrogen-bond acceptors (Lipinski definition) is 4. The number of hydrogen-bond donors (Lipinski definition) is 1. The number of amides is 1. The second-order valence-electron chi connectivity index (χ2n) is 5.23. The van der Waals surface area contributed by atoms with Gasteiger partial charge in [0.25, 0.3) is 5.91 Å². The van der Waals surface area contributed by atoms with Gasteiger partial charge < -0.3 is 10.1 Å². The highest BCUT2D eigenvalue weighted by Crippen LogP contribution is 2.22. The van der Waals surface area contributed by atoms with Crippen molar-refractivity contribution in [3.8, 4) is 0 Å². The largest absolute Gasteiger partial charge is 0.455 e. The van der Waals surface area contributed by atoms with Crippen molar-refractivity contribution < 1.29 is 14.3 Å². The highest BCUT2D eigenvalue weighted by Gasteiger charge is 2.10. The minimum Gasteiger partial charge on any atom is -0.455 e. The van der Waals surface area contributed by atoms with Crippen LogP contribution in [0.15, 0.2) is 51.8 Å². The summed E-state index contributed by atoms with van der Waals surface area (Å²) < 4.78 is 5.92. The Balaban J connectivity index is 1.76. The number of rotatable bonds is 6. The predicted octanol–water partition coefficient (Wildman–Crippen LogP) is 4.34. The van der Waals surface area contributed by atoms with E-state index in [-0.39, 0.29) is 18.3 Å². The minimum atomic E-state index is -0.413. The molecule has 2 aromatic rings. The van der Waals surface area contributed by atoms with E-state index in [1.54, 1.807) is 6.07 Å². The van der Waals surface area contributed by atoms with Gasteiger partial charge in [0.2, 0.25) is 0 Å². The van der Waals surface area contributed by atoms with Gasteiger partial charge in [0.1, 0.15) is 0 Å². The second-order valence-corrected chi connectivity index (χ2v) is 7.10. The zero-order chi connectivity index (χ0) is 17.5. The molecule has 0 fully saturated rings. The van der Waals surface area contributed by atoms with Crippen LogP contribution >= 0.6 is 27.7 Å². The first-order chi connectivity index (χ1) is 11.5. The van der Waals surface area contributed by atoms with E-state index >= 15 is 0 Å². The Hall–Kier alpha value is -1.79. The van der Waals surface area contributed by atoms with Crippen molar-refractivity contribution >= 4 is 45.3 Å². The first kappa shape index (κ1) is 18.5. The molecule has 0 saturated carbocycles. The molecule has 0 aliphatic carbocycles. The quantitative estimate of drug-likeness (QED) is 0.571. The number of aryl methyl sites for hydroxylation is 2. The number of carbonyl (C=O) groups excluding carboxylic acids is 2. The Bertz CT molecular complexity index is 749. The van der Waals surface area contributed by atoms with Crippen LogP contribution in [-0.4, -0.2) is 24.2 Å². The maximum atomic E-state index is 11.8. The molecule has 0 unspecified atom stereocenters. The van der Waals surface area contributed by atoms with E-state index in [1.165, 1.54) is 11.8 Å². The Morgan fingerprint density at radius 2 is 1.88 bits per heavy atom. The van der Waals surface area contributed by atoms with Crippen molar-refractivity contribution in [1.82, 2.24) is 0 Å². The van der Waals surface area contributed by atoms with Crippen LogP contribution in [-0.2, 0) is 14.3 Å². The Kier molecular flexibility index (Phi) is 6.87. The van der Waals surface area contributed by atoms with Crippen LogP contribution in [0.1, 0.15) is 11.1 Å². The maximum absolute atomic E-state index is 11.8. The monoisotopic (exact) mass is 407 g/mol. The van der Waals surface area contributed by atoms with Gasteiger partial charge in [-0.15, -0.1) is 11.8 Å². The van der Waals surface area contributed by atoms with E-state index in [0.29, 0.717) is 5.69 Å². The highest BCUT2D eigenvalue weighted by molar-refractivity contribution is 9.10. The highest BCUT2D eigenvalue weighted by atomic mass is 79.9. The fourth-order valence-corrected chi connectivity index (χ4v) is 3.12. The summed E-state index contributed by atoms with van der Waals surface area (Å²) in [5, 5.41) is 2.70. The third kappa shape index (κ3) is 5.69. The number of carbonyl (C=O) groups is 2. The number of anilines is 1. The summed E-state index contributed by atoms with van der Waals surface area (Å²) >= 11 is 4.81. The number of nitrogens with one attached hydrogen (secondary N) is 1. The molecule has 0 aliphatic rings. The van der Waals surface area contributed by atoms with Crippen molar-refractivity contribution in [3.05, 3.63) is 58.1 Å². The number of ether oxygens (including phenoxy) is 1. The molecule has 0 bridgehead atoms. The Morgan fingerprint density at radius 1 is 1.12 bits per heavy atom. The Labute approximate surface area is 154 Å². The molecule has 4 nitrogen and oxygen atoms in total. The molecular formula is C18H18BrNO3S. The van der Waals surface area contributed by atoms with Crippen molar-refractivity contribution in [3.63, 3.8) is 0 Å². The van der Waals surface area contributed by atoms with Crippen molar-refractivity contribution in [1.29, 1.82) is 0 Å². The lowest BCUT2D eigenvalue weighted by molar-refractivity contribution is -0.144. The fraction of sp³-hybridized carbons (Fsp3) is 0.222. The molecule has 1 N–H and O–H groups in total. The molecule has 0 aliphatic heterocycles. The summed E-state index contributed by atoms with van der Waals surface area (Å²) in [6.45, 7) is 3.66. The standard InChI is InChI=1S/C18H18BrNO3S/c1-12-7-8-14(9-15(12)19)20-17(21)10-23-18(22)11-24-16-6-4-3-5-13(16)2/h3-9H,10-11H2,1-2H3,(H,20,21). The van der Waals surface area contributed by atoms with E-state index in [0.717, 1.165) is 20.5 Å². The molecule has 0 heterocycles. The van der Waals surface area contributed by atoms with Gasteiger partial charge in [-0.25, -0.2) is 0 Å². The van der Waals surface area contributed by atoms with Gasteiger partial charge >= 0.3 is 5.97 Å². The maximum Gasteiger partial charge on any atom is 0.316 e. The summed E-state index contributed by atoms with van der Waals surface area (Å²) in [6, 6.07) is 13.3. The molecule has 1 amide bonds. The topological polar surface area (TPSA) is 55.4 Å². The number of thioether (sulfide) groups is 1. The summed E-state index contributed by atoms with van der Waals surface area (Å²) in [5.74, 6) is -0.600. The van der Waals surface area contributed by atoms with Gasteiger partial charge in [-0.05, 0) is 43.2 Å². The van der Waals surface area contributed by atoms with E-state index in [1.807, 2.05) is 50.2 Å². The van der Waals surface area contributed by atoms with Crippen LogP contribution < -0.4 is 5.32 Å². The first-order valence-electron chi connectivity index (χ1n) is 7.36. The van der Waals surface area contributed by atoms with Crippen LogP contribution in [0.4, 0.5) is 5.69 Å². The molecular weight excluding hydrogens is 390 g/mol. The molecule has 24 heavy (non-hydrogen) atoms. The normalized spacial score (nSPS) is 10.3. The van der Waals surface area contributed by atoms with Gasteiger partial charge in [0.05, 0.1) is 5.75 Å². The molecule has 0 saturated heterocycles. The van der Waals surface area contributed by atoms with Crippen LogP contribution in [0.2, 0.25) is 0 Å². The van der Waals surface area contributed by atoms with Gasteiger partial charge in [-0.1, -0.05) is 40.2 Å². The Morgan fingerprint density at radius 3 is 2.58 bits per heavy atom. The zero-order valence-corrected chi connectivity index (χ0v) is 15.9. The SMILES string of the molecule is Cc1ccc(NC(=O)COC(=O)CSc2ccccc2C)cc1Br. The molecule has 6 heteroatoms. The molecule has 126 valence electrons. The second kappa shape index (κ2) is 8.89. The summed E-state index contributed by atoms with van der Waals surface area (Å²) in [6.07, 6.45) is 0. The zero-order valence-electron chi connectivity index (χ0n) is 13.5. The lowest BCUT2D eigenvalue weighted by Gasteiger charge is -2.08. The average molecular weight is 408 g/mol. The molecule has 2 rings (SSSR count). The third-order valence-corrected chi connectivity index (χ3v) is 5.26. The summed E-state index contributed by atoms with van der Waals surface area (Å²) in [4.78, 5) is 24.6. The number of esters is 1. The average Bonchev–Trinajstić information content (AvgIpc) is 2.55. The van der Waals surface area contributed by atoms with E-state index < -0.39 is 5.97 Å². The van der Waals surface area contributed by atoms with Crippen LogP contribution in [0.3, 0.4) is 0 Å². The predicted molar refractivity (Wildman–Crippen MR) is 100 cm³/mol. The van der Waals surface area contributed by atoms with E-state index in [4.69, 9.17) is 4.74 Å². The molecule has 0 spiro atoms. The van der Waals surface area contributed by atoms with E-state index in [9.17, 15) is 9.59 Å². The van der Waals surface area contributed by atoms with Gasteiger partial charge in [-0.2, -0.15) is 0 Å². The van der Waals surface area contributed by atoms with Crippen molar-refractivity contribution in [2.75, 3.05) is 17.7 Å². The molecule has 0 radical (unpaired) electrons. The van der Waals surface area contributed by atoms with Crippen molar-refractivity contribution in [2.45, 2.75) is 18.7 Å². The third-order valence-electron chi connectivity index (χ3n) is 3.26. The van der Waals surface area contributed by atoms with Crippen LogP contribution in [0.5, 0.6) is 0 Å². The van der Waals surface area contributed by atoms with Gasteiger partial charge in [0.15, 0.2) is 6.61 Å². The lowest BCUT2D eigenvalue weighted by Crippen LogP contribution is -2.21. The van der Waals surface area contributed by atoms with Gasteiger partial charge in [0, 0.05) is 15.1 Å².